The van der Waals surface area contributed by atoms with Crippen LogP contribution in [0, 0.1) is 5.92 Å². The smallest absolute Gasteiger partial charge is 0.0945 e. The molecule has 2 atom stereocenters. The zero-order valence-electron chi connectivity index (χ0n) is 12.8. The molecule has 0 aromatic carbocycles. The summed E-state index contributed by atoms with van der Waals surface area (Å²) in [5, 5.41) is 3.64. The summed E-state index contributed by atoms with van der Waals surface area (Å²) in [6, 6.07) is 0. The van der Waals surface area contributed by atoms with Crippen LogP contribution in [0.25, 0.3) is 0 Å². The minimum absolute atomic E-state index is 0.330. The van der Waals surface area contributed by atoms with Gasteiger partial charge in [0.1, 0.15) is 0 Å². The third-order valence-electron chi connectivity index (χ3n) is 4.69. The Balaban J connectivity index is 1.92. The SMILES string of the molecule is C[C@@H]1CCC[C@](CNCc2cncn2C)(N(C)C)C1. The molecule has 0 bridgehead atoms. The van der Waals surface area contributed by atoms with Crippen molar-refractivity contribution >= 4 is 0 Å². The monoisotopic (exact) mass is 264 g/mol. The van der Waals surface area contributed by atoms with Crippen molar-refractivity contribution in [2.24, 2.45) is 13.0 Å². The molecule has 1 aliphatic carbocycles. The molecule has 108 valence electrons. The van der Waals surface area contributed by atoms with Gasteiger partial charge in [-0.15, -0.1) is 0 Å². The molecule has 0 spiro atoms. The highest BCUT2D eigenvalue weighted by atomic mass is 15.2. The zero-order valence-corrected chi connectivity index (χ0v) is 12.8. The first kappa shape index (κ1) is 14.5. The van der Waals surface area contributed by atoms with Gasteiger partial charge in [0.25, 0.3) is 0 Å². The number of nitrogens with one attached hydrogen (secondary N) is 1. The van der Waals surface area contributed by atoms with Crippen LogP contribution in [0.5, 0.6) is 0 Å². The second kappa shape index (κ2) is 6.06. The molecular weight excluding hydrogens is 236 g/mol. The highest BCUT2D eigenvalue weighted by molar-refractivity contribution is 4.99. The summed E-state index contributed by atoms with van der Waals surface area (Å²) in [4.78, 5) is 6.59. The first-order valence-corrected chi connectivity index (χ1v) is 7.37. The predicted molar refractivity (Wildman–Crippen MR) is 79.0 cm³/mol. The molecule has 2 rings (SSSR count). The van der Waals surface area contributed by atoms with Crippen molar-refractivity contribution in [2.45, 2.75) is 44.7 Å². The van der Waals surface area contributed by atoms with E-state index in [-0.39, 0.29) is 0 Å². The summed E-state index contributed by atoms with van der Waals surface area (Å²) in [6.45, 7) is 4.36. The van der Waals surface area contributed by atoms with Crippen LogP contribution in [0.3, 0.4) is 0 Å². The van der Waals surface area contributed by atoms with E-state index in [1.165, 1.54) is 31.4 Å². The highest BCUT2D eigenvalue weighted by Crippen LogP contribution is 2.35. The quantitative estimate of drug-likeness (QED) is 0.883. The van der Waals surface area contributed by atoms with Crippen molar-refractivity contribution in [1.82, 2.24) is 19.8 Å². The Kier molecular flexibility index (Phi) is 4.63. The van der Waals surface area contributed by atoms with E-state index >= 15 is 0 Å². The van der Waals surface area contributed by atoms with Crippen LogP contribution >= 0.6 is 0 Å². The van der Waals surface area contributed by atoms with Crippen molar-refractivity contribution < 1.29 is 0 Å². The number of nitrogens with zero attached hydrogens (tertiary/aromatic N) is 3. The normalized spacial score (nSPS) is 27.9. The van der Waals surface area contributed by atoms with Crippen LogP contribution < -0.4 is 5.32 Å². The van der Waals surface area contributed by atoms with Gasteiger partial charge in [-0.2, -0.15) is 0 Å². The molecule has 1 heterocycles. The number of aromatic nitrogens is 2. The molecule has 0 amide bonds. The maximum absolute atomic E-state index is 4.16. The molecule has 1 aliphatic rings. The molecule has 1 fully saturated rings. The molecule has 19 heavy (non-hydrogen) atoms. The van der Waals surface area contributed by atoms with E-state index in [2.05, 4.69) is 47.8 Å². The van der Waals surface area contributed by atoms with Crippen LogP contribution in [0.1, 0.15) is 38.3 Å². The molecule has 1 N–H and O–H groups in total. The molecule has 0 radical (unpaired) electrons. The minimum atomic E-state index is 0.330. The lowest BCUT2D eigenvalue weighted by atomic mass is 9.75. The number of likely N-dealkylation sites (N-methyl/N-ethyl adjacent to an activating group) is 1. The van der Waals surface area contributed by atoms with Gasteiger partial charge in [-0.05, 0) is 32.9 Å². The van der Waals surface area contributed by atoms with Gasteiger partial charge in [0.15, 0.2) is 0 Å². The molecule has 1 aromatic rings. The molecule has 1 saturated carbocycles. The summed E-state index contributed by atoms with van der Waals surface area (Å²) < 4.78 is 2.08. The Hall–Kier alpha value is -0.870. The summed E-state index contributed by atoms with van der Waals surface area (Å²) in [6.07, 6.45) is 9.16. The molecule has 4 nitrogen and oxygen atoms in total. The Bertz CT molecular complexity index is 399. The molecule has 0 aliphatic heterocycles. The van der Waals surface area contributed by atoms with Crippen LogP contribution in [0.2, 0.25) is 0 Å². The third-order valence-corrected chi connectivity index (χ3v) is 4.69. The van der Waals surface area contributed by atoms with Crippen molar-refractivity contribution in [3.8, 4) is 0 Å². The lowest BCUT2D eigenvalue weighted by Crippen LogP contribution is -2.54. The molecule has 1 aromatic heterocycles. The summed E-state index contributed by atoms with van der Waals surface area (Å²) in [5.74, 6) is 0.842. The lowest BCUT2D eigenvalue weighted by molar-refractivity contribution is 0.0748. The number of aryl methyl sites for hydroxylation is 1. The number of hydrogen-bond acceptors (Lipinski definition) is 3. The maximum atomic E-state index is 4.16. The van der Waals surface area contributed by atoms with Gasteiger partial charge in [-0.3, -0.25) is 0 Å². The van der Waals surface area contributed by atoms with Crippen LogP contribution in [0.4, 0.5) is 0 Å². The van der Waals surface area contributed by atoms with E-state index in [4.69, 9.17) is 0 Å². The van der Waals surface area contributed by atoms with Crippen molar-refractivity contribution in [2.75, 3.05) is 20.6 Å². The maximum Gasteiger partial charge on any atom is 0.0945 e. The van der Waals surface area contributed by atoms with Gasteiger partial charge in [-0.25, -0.2) is 4.98 Å². The zero-order chi connectivity index (χ0) is 13.9. The fourth-order valence-electron chi connectivity index (χ4n) is 3.34. The van der Waals surface area contributed by atoms with Gasteiger partial charge in [0.05, 0.1) is 12.0 Å². The third kappa shape index (κ3) is 3.37. The Morgan fingerprint density at radius 2 is 2.32 bits per heavy atom. The average Bonchev–Trinajstić information content (AvgIpc) is 2.75. The Morgan fingerprint density at radius 3 is 2.89 bits per heavy atom. The van der Waals surface area contributed by atoms with E-state index < -0.39 is 0 Å². The van der Waals surface area contributed by atoms with Gasteiger partial charge in [-0.1, -0.05) is 19.8 Å². The fraction of sp³-hybridized carbons (Fsp3) is 0.800. The van der Waals surface area contributed by atoms with E-state index in [0.717, 1.165) is 19.0 Å². The van der Waals surface area contributed by atoms with Crippen molar-refractivity contribution in [3.05, 3.63) is 18.2 Å². The fourth-order valence-corrected chi connectivity index (χ4v) is 3.34. The highest BCUT2D eigenvalue weighted by Gasteiger charge is 2.36. The second-order valence-corrected chi connectivity index (χ2v) is 6.42. The van der Waals surface area contributed by atoms with Gasteiger partial charge >= 0.3 is 0 Å². The molecule has 4 heteroatoms. The number of imidazole rings is 1. The standard InChI is InChI=1S/C15H28N4/c1-13-6-5-7-15(8-13,18(2)3)11-16-9-14-10-17-12-19(14)4/h10,12-13,16H,5-9,11H2,1-4H3/t13-,15+/m1/s1. The topological polar surface area (TPSA) is 33.1 Å². The minimum Gasteiger partial charge on any atom is -0.337 e. The van der Waals surface area contributed by atoms with E-state index in [9.17, 15) is 0 Å². The van der Waals surface area contributed by atoms with E-state index in [1.807, 2.05) is 12.5 Å². The predicted octanol–water partition coefficient (Wildman–Crippen LogP) is 2.02. The van der Waals surface area contributed by atoms with Crippen LogP contribution in [-0.2, 0) is 13.6 Å². The average molecular weight is 264 g/mol. The Morgan fingerprint density at radius 1 is 1.53 bits per heavy atom. The number of rotatable bonds is 5. The first-order chi connectivity index (χ1) is 9.03. The second-order valence-electron chi connectivity index (χ2n) is 6.42. The van der Waals surface area contributed by atoms with E-state index in [1.54, 1.807) is 0 Å². The molecular formula is C15H28N4. The van der Waals surface area contributed by atoms with Crippen LogP contribution in [0.15, 0.2) is 12.5 Å². The molecule has 0 unspecified atom stereocenters. The summed E-state index contributed by atoms with van der Waals surface area (Å²) in [5.41, 5.74) is 1.58. The first-order valence-electron chi connectivity index (χ1n) is 7.37. The Labute approximate surface area is 117 Å². The van der Waals surface area contributed by atoms with Gasteiger partial charge < -0.3 is 14.8 Å². The largest absolute Gasteiger partial charge is 0.337 e. The van der Waals surface area contributed by atoms with Gasteiger partial charge in [0.2, 0.25) is 0 Å². The van der Waals surface area contributed by atoms with Crippen molar-refractivity contribution in [1.29, 1.82) is 0 Å². The van der Waals surface area contributed by atoms with E-state index in [0.29, 0.717) is 5.54 Å². The molecule has 0 saturated heterocycles. The summed E-state index contributed by atoms with van der Waals surface area (Å²) in [7, 11) is 6.50. The van der Waals surface area contributed by atoms with Gasteiger partial charge in [0, 0.05) is 31.9 Å². The van der Waals surface area contributed by atoms with Crippen molar-refractivity contribution in [3.63, 3.8) is 0 Å². The number of hydrogen-bond donors (Lipinski definition) is 1. The summed E-state index contributed by atoms with van der Waals surface area (Å²) >= 11 is 0. The lowest BCUT2D eigenvalue weighted by Gasteiger charge is -2.45. The van der Waals surface area contributed by atoms with Crippen LogP contribution in [-0.4, -0.2) is 40.6 Å².